The molecule has 0 aliphatic carbocycles. The van der Waals surface area contributed by atoms with Gasteiger partial charge in [-0.25, -0.2) is 0 Å². The van der Waals surface area contributed by atoms with E-state index in [2.05, 4.69) is 5.32 Å². The van der Waals surface area contributed by atoms with Gasteiger partial charge in [0.05, 0.1) is 19.1 Å². The van der Waals surface area contributed by atoms with Gasteiger partial charge in [0.2, 0.25) is 5.91 Å². The maximum atomic E-state index is 11.7. The average molecular weight is 263 g/mol. The first kappa shape index (κ1) is 12.9. The Bertz CT molecular complexity index is 529. The fourth-order valence-electron chi connectivity index (χ4n) is 1.66. The van der Waals surface area contributed by atoms with Crippen molar-refractivity contribution in [2.24, 2.45) is 0 Å². The van der Waals surface area contributed by atoms with Gasteiger partial charge in [-0.3, -0.25) is 9.59 Å². The van der Waals surface area contributed by atoms with E-state index in [9.17, 15) is 9.59 Å². The summed E-state index contributed by atoms with van der Waals surface area (Å²) < 4.78 is 10.1. The Morgan fingerprint density at radius 2 is 1.95 bits per heavy atom. The first-order chi connectivity index (χ1) is 9.16. The van der Waals surface area contributed by atoms with Crippen molar-refractivity contribution in [3.8, 4) is 0 Å². The van der Waals surface area contributed by atoms with Gasteiger partial charge in [-0.15, -0.1) is 0 Å². The molecule has 2 rings (SSSR count). The number of hydrogen-bond donors (Lipinski definition) is 2. The summed E-state index contributed by atoms with van der Waals surface area (Å²) in [6.45, 7) is 0.232. The molecule has 2 heterocycles. The summed E-state index contributed by atoms with van der Waals surface area (Å²) in [6.07, 6.45) is 2.71. The third-order valence-electron chi connectivity index (χ3n) is 2.61. The highest BCUT2D eigenvalue weighted by atomic mass is 16.4. The number of hydrogen-bond acceptors (Lipinski definition) is 4. The van der Waals surface area contributed by atoms with E-state index in [1.807, 2.05) is 0 Å². The highest BCUT2D eigenvalue weighted by molar-refractivity contribution is 5.85. The Kier molecular flexibility index (Phi) is 4.02. The minimum Gasteiger partial charge on any atom is -0.481 e. The number of aliphatic carboxylic acids is 1. The number of carbonyl (C=O) groups excluding carboxylic acids is 1. The summed E-state index contributed by atoms with van der Waals surface area (Å²) in [5, 5.41) is 11.7. The highest BCUT2D eigenvalue weighted by Gasteiger charge is 2.25. The van der Waals surface area contributed by atoms with Crippen LogP contribution in [-0.2, 0) is 16.1 Å². The molecule has 0 aliphatic heterocycles. The van der Waals surface area contributed by atoms with Gasteiger partial charge in [0.15, 0.2) is 0 Å². The summed E-state index contributed by atoms with van der Waals surface area (Å²) in [5.41, 5.74) is 0. The van der Waals surface area contributed by atoms with E-state index in [-0.39, 0.29) is 24.6 Å². The zero-order valence-corrected chi connectivity index (χ0v) is 10.0. The lowest BCUT2D eigenvalue weighted by atomic mass is 10.0. The van der Waals surface area contributed by atoms with Gasteiger partial charge in [-0.05, 0) is 24.3 Å². The van der Waals surface area contributed by atoms with Crippen LogP contribution in [0, 0.1) is 0 Å². The number of carbonyl (C=O) groups is 2. The molecule has 0 bridgehead atoms. The highest BCUT2D eigenvalue weighted by Crippen LogP contribution is 2.20. The summed E-state index contributed by atoms with van der Waals surface area (Å²) in [6, 6.07) is 6.57. The number of carboxylic acids is 1. The van der Waals surface area contributed by atoms with Crippen molar-refractivity contribution >= 4 is 11.9 Å². The zero-order chi connectivity index (χ0) is 13.7. The SMILES string of the molecule is O=C(CC(C(=O)O)c1ccco1)NCc1ccco1. The molecule has 0 aromatic carbocycles. The molecule has 0 saturated carbocycles. The topological polar surface area (TPSA) is 92.7 Å². The minimum absolute atomic E-state index is 0.177. The molecular weight excluding hydrogens is 250 g/mol. The smallest absolute Gasteiger partial charge is 0.314 e. The number of rotatable bonds is 6. The van der Waals surface area contributed by atoms with E-state index >= 15 is 0 Å². The molecule has 100 valence electrons. The van der Waals surface area contributed by atoms with Crippen molar-refractivity contribution in [2.45, 2.75) is 18.9 Å². The monoisotopic (exact) mass is 263 g/mol. The maximum Gasteiger partial charge on any atom is 0.314 e. The fourth-order valence-corrected chi connectivity index (χ4v) is 1.66. The molecule has 0 aliphatic rings. The maximum absolute atomic E-state index is 11.7. The van der Waals surface area contributed by atoms with E-state index in [1.54, 1.807) is 24.3 Å². The van der Waals surface area contributed by atoms with Gasteiger partial charge in [0, 0.05) is 6.42 Å². The third kappa shape index (κ3) is 3.48. The Hall–Kier alpha value is -2.50. The quantitative estimate of drug-likeness (QED) is 0.828. The van der Waals surface area contributed by atoms with Gasteiger partial charge in [0.25, 0.3) is 0 Å². The molecule has 0 saturated heterocycles. The predicted molar refractivity (Wildman–Crippen MR) is 64.3 cm³/mol. The fraction of sp³-hybridized carbons (Fsp3) is 0.231. The van der Waals surface area contributed by atoms with Gasteiger partial charge in [-0.1, -0.05) is 0 Å². The minimum atomic E-state index is -1.09. The van der Waals surface area contributed by atoms with Crippen LogP contribution < -0.4 is 5.32 Å². The van der Waals surface area contributed by atoms with Gasteiger partial charge in [-0.2, -0.15) is 0 Å². The molecule has 0 spiro atoms. The predicted octanol–water partition coefficient (Wildman–Crippen LogP) is 1.75. The Labute approximate surface area is 109 Å². The van der Waals surface area contributed by atoms with Gasteiger partial charge in [0.1, 0.15) is 17.4 Å². The van der Waals surface area contributed by atoms with Crippen molar-refractivity contribution in [2.75, 3.05) is 0 Å². The lowest BCUT2D eigenvalue weighted by molar-refractivity contribution is -0.141. The Morgan fingerprint density at radius 1 is 1.21 bits per heavy atom. The normalized spacial score (nSPS) is 12.0. The van der Waals surface area contributed by atoms with Crippen LogP contribution in [0.4, 0.5) is 0 Å². The van der Waals surface area contributed by atoms with Crippen molar-refractivity contribution < 1.29 is 23.5 Å². The lowest BCUT2D eigenvalue weighted by Gasteiger charge is -2.09. The van der Waals surface area contributed by atoms with E-state index < -0.39 is 11.9 Å². The molecule has 6 nitrogen and oxygen atoms in total. The average Bonchev–Trinajstić information content (AvgIpc) is 3.05. The summed E-state index contributed by atoms with van der Waals surface area (Å²) >= 11 is 0. The molecule has 0 radical (unpaired) electrons. The summed E-state index contributed by atoms with van der Waals surface area (Å²) in [5.74, 6) is -1.58. The second-order valence-electron chi connectivity index (χ2n) is 3.97. The van der Waals surface area contributed by atoms with E-state index in [4.69, 9.17) is 13.9 Å². The number of nitrogens with one attached hydrogen (secondary N) is 1. The Balaban J connectivity index is 1.90. The van der Waals surface area contributed by atoms with E-state index in [0.29, 0.717) is 5.76 Å². The summed E-state index contributed by atoms with van der Waals surface area (Å²) in [7, 11) is 0. The first-order valence-electron chi connectivity index (χ1n) is 5.72. The third-order valence-corrected chi connectivity index (χ3v) is 2.61. The van der Waals surface area contributed by atoms with Crippen molar-refractivity contribution in [3.05, 3.63) is 48.3 Å². The van der Waals surface area contributed by atoms with Gasteiger partial charge < -0.3 is 19.3 Å². The standard InChI is InChI=1S/C13H13NO5/c15-12(14-8-9-3-1-5-18-9)7-10(13(16)17)11-4-2-6-19-11/h1-6,10H,7-8H2,(H,14,15)(H,16,17). The number of furan rings is 2. The second-order valence-corrected chi connectivity index (χ2v) is 3.97. The first-order valence-corrected chi connectivity index (χ1v) is 5.72. The van der Waals surface area contributed by atoms with E-state index in [1.165, 1.54) is 12.5 Å². The molecule has 1 atom stereocenters. The molecule has 19 heavy (non-hydrogen) atoms. The van der Waals surface area contributed by atoms with Gasteiger partial charge >= 0.3 is 5.97 Å². The van der Waals surface area contributed by atoms with E-state index in [0.717, 1.165) is 0 Å². The Morgan fingerprint density at radius 3 is 2.53 bits per heavy atom. The number of carboxylic acid groups (broad SMARTS) is 1. The number of amides is 1. The molecule has 2 aromatic heterocycles. The van der Waals surface area contributed by atoms with Crippen LogP contribution in [0.5, 0.6) is 0 Å². The molecule has 6 heteroatoms. The van der Waals surface area contributed by atoms with Crippen molar-refractivity contribution in [1.29, 1.82) is 0 Å². The largest absolute Gasteiger partial charge is 0.481 e. The van der Waals surface area contributed by atoms with Crippen LogP contribution in [0.1, 0.15) is 23.9 Å². The second kappa shape index (κ2) is 5.90. The molecule has 0 fully saturated rings. The van der Waals surface area contributed by atoms with Crippen LogP contribution in [0.3, 0.4) is 0 Å². The molecular formula is C13H13NO5. The lowest BCUT2D eigenvalue weighted by Crippen LogP contribution is -2.26. The van der Waals surface area contributed by atoms with Crippen molar-refractivity contribution in [1.82, 2.24) is 5.32 Å². The molecule has 1 unspecified atom stereocenters. The van der Waals surface area contributed by atoms with Crippen molar-refractivity contribution in [3.63, 3.8) is 0 Å². The summed E-state index contributed by atoms with van der Waals surface area (Å²) in [4.78, 5) is 22.8. The molecule has 2 aromatic rings. The van der Waals surface area contributed by atoms with Crippen LogP contribution in [-0.4, -0.2) is 17.0 Å². The molecule has 2 N–H and O–H groups in total. The van der Waals surface area contributed by atoms with Crippen LogP contribution in [0.2, 0.25) is 0 Å². The van der Waals surface area contributed by atoms with Crippen LogP contribution >= 0.6 is 0 Å². The molecule has 1 amide bonds. The zero-order valence-electron chi connectivity index (χ0n) is 10.0. The van der Waals surface area contributed by atoms with Crippen LogP contribution in [0.15, 0.2) is 45.6 Å². The van der Waals surface area contributed by atoms with Crippen LogP contribution in [0.25, 0.3) is 0 Å².